The van der Waals surface area contributed by atoms with Crippen molar-refractivity contribution in [1.82, 2.24) is 14.7 Å². The molecule has 2 aliphatic heterocycles. The summed E-state index contributed by atoms with van der Waals surface area (Å²) in [5.74, 6) is 0. The normalized spacial score (nSPS) is 30.8. The Morgan fingerprint density at radius 2 is 1.83 bits per heavy atom. The van der Waals surface area contributed by atoms with Crippen LogP contribution in [0.3, 0.4) is 0 Å². The largest absolute Gasteiger partial charge is 0.329 e. The molecular formula is C14H30N4. The highest BCUT2D eigenvalue weighted by molar-refractivity contribution is 4.98. The molecule has 0 aliphatic carbocycles. The second-order valence-electron chi connectivity index (χ2n) is 6.40. The Labute approximate surface area is 112 Å². The van der Waals surface area contributed by atoms with Crippen LogP contribution in [0.1, 0.15) is 25.7 Å². The van der Waals surface area contributed by atoms with Crippen LogP contribution in [-0.2, 0) is 0 Å². The zero-order valence-electron chi connectivity index (χ0n) is 12.4. The Morgan fingerprint density at radius 1 is 1.17 bits per heavy atom. The summed E-state index contributed by atoms with van der Waals surface area (Å²) in [5.41, 5.74) is 6.40. The summed E-state index contributed by atoms with van der Waals surface area (Å²) in [4.78, 5) is 7.51. The Morgan fingerprint density at radius 3 is 2.39 bits per heavy atom. The summed E-state index contributed by atoms with van der Waals surface area (Å²) in [7, 11) is 6.76. The first-order valence-electron chi connectivity index (χ1n) is 7.37. The lowest BCUT2D eigenvalue weighted by Gasteiger charge is -2.51. The monoisotopic (exact) mass is 254 g/mol. The quantitative estimate of drug-likeness (QED) is 0.792. The molecule has 0 amide bonds. The summed E-state index contributed by atoms with van der Waals surface area (Å²) in [5, 5.41) is 0. The van der Waals surface area contributed by atoms with E-state index in [1.807, 2.05) is 0 Å². The minimum absolute atomic E-state index is 0.245. The second kappa shape index (κ2) is 5.87. The predicted octanol–water partition coefficient (Wildman–Crippen LogP) is 0.436. The molecule has 18 heavy (non-hydrogen) atoms. The van der Waals surface area contributed by atoms with E-state index in [0.717, 1.165) is 6.54 Å². The average molecular weight is 254 g/mol. The van der Waals surface area contributed by atoms with Gasteiger partial charge in [-0.3, -0.25) is 4.90 Å². The van der Waals surface area contributed by atoms with Crippen molar-refractivity contribution in [3.8, 4) is 0 Å². The zero-order valence-corrected chi connectivity index (χ0v) is 12.4. The maximum absolute atomic E-state index is 6.15. The molecule has 2 rings (SSSR count). The lowest BCUT2D eigenvalue weighted by Crippen LogP contribution is -2.62. The Kier molecular flexibility index (Phi) is 4.64. The molecule has 4 nitrogen and oxygen atoms in total. The van der Waals surface area contributed by atoms with Crippen molar-refractivity contribution in [3.63, 3.8) is 0 Å². The molecule has 1 atom stereocenters. The van der Waals surface area contributed by atoms with Crippen LogP contribution in [0.2, 0.25) is 0 Å². The SMILES string of the molecule is CN1CCC(CN)(N(C)C2CCCN(C)C2)CC1. The summed E-state index contributed by atoms with van der Waals surface area (Å²) in [6, 6.07) is 0.690. The number of likely N-dealkylation sites (N-methyl/N-ethyl adjacent to an activating group) is 2. The molecular weight excluding hydrogens is 224 g/mol. The van der Waals surface area contributed by atoms with Crippen molar-refractivity contribution in [3.05, 3.63) is 0 Å². The van der Waals surface area contributed by atoms with Gasteiger partial charge in [0.2, 0.25) is 0 Å². The number of likely N-dealkylation sites (tertiary alicyclic amines) is 2. The van der Waals surface area contributed by atoms with Gasteiger partial charge in [-0.15, -0.1) is 0 Å². The topological polar surface area (TPSA) is 35.7 Å². The Balaban J connectivity index is 2.02. The fraction of sp³-hybridized carbons (Fsp3) is 1.00. The van der Waals surface area contributed by atoms with Crippen molar-refractivity contribution in [1.29, 1.82) is 0 Å². The van der Waals surface area contributed by atoms with Gasteiger partial charge in [0.25, 0.3) is 0 Å². The van der Waals surface area contributed by atoms with E-state index in [9.17, 15) is 0 Å². The molecule has 0 saturated carbocycles. The van der Waals surface area contributed by atoms with E-state index < -0.39 is 0 Å². The van der Waals surface area contributed by atoms with E-state index in [-0.39, 0.29) is 5.54 Å². The van der Waals surface area contributed by atoms with Crippen LogP contribution >= 0.6 is 0 Å². The van der Waals surface area contributed by atoms with Gasteiger partial charge < -0.3 is 15.5 Å². The Hall–Kier alpha value is -0.160. The molecule has 2 aliphatic rings. The fourth-order valence-electron chi connectivity index (χ4n) is 3.58. The van der Waals surface area contributed by atoms with Crippen LogP contribution in [0, 0.1) is 0 Å². The molecule has 2 heterocycles. The Bertz CT molecular complexity index is 261. The first-order valence-corrected chi connectivity index (χ1v) is 7.37. The van der Waals surface area contributed by atoms with Crippen molar-refractivity contribution in [2.75, 3.05) is 53.9 Å². The third-order valence-electron chi connectivity index (χ3n) is 5.19. The number of rotatable bonds is 3. The smallest absolute Gasteiger partial charge is 0.0356 e. The molecule has 2 fully saturated rings. The first kappa shape index (κ1) is 14.3. The zero-order chi connectivity index (χ0) is 13.2. The highest BCUT2D eigenvalue weighted by atomic mass is 15.3. The molecule has 0 radical (unpaired) electrons. The lowest BCUT2D eigenvalue weighted by molar-refractivity contribution is 0.000164. The molecule has 0 spiro atoms. The van der Waals surface area contributed by atoms with E-state index in [1.165, 1.54) is 51.9 Å². The molecule has 0 aromatic heterocycles. The predicted molar refractivity (Wildman–Crippen MR) is 76.8 cm³/mol. The number of hydrogen-bond acceptors (Lipinski definition) is 4. The van der Waals surface area contributed by atoms with Crippen molar-refractivity contribution in [2.24, 2.45) is 5.73 Å². The summed E-state index contributed by atoms with van der Waals surface area (Å²) >= 11 is 0. The molecule has 2 N–H and O–H groups in total. The maximum Gasteiger partial charge on any atom is 0.0356 e. The van der Waals surface area contributed by atoms with Gasteiger partial charge in [-0.2, -0.15) is 0 Å². The summed E-state index contributed by atoms with van der Waals surface area (Å²) in [6.07, 6.45) is 5.10. The van der Waals surface area contributed by atoms with E-state index >= 15 is 0 Å². The average Bonchev–Trinajstić information content (AvgIpc) is 2.39. The van der Waals surface area contributed by atoms with Crippen LogP contribution in [0.4, 0.5) is 0 Å². The van der Waals surface area contributed by atoms with E-state index in [2.05, 4.69) is 35.8 Å². The standard InChI is InChI=1S/C14H30N4/c1-16-9-6-14(12-15,7-10-16)18(3)13-5-4-8-17(2)11-13/h13H,4-12,15H2,1-3H3. The minimum Gasteiger partial charge on any atom is -0.329 e. The van der Waals surface area contributed by atoms with E-state index in [0.29, 0.717) is 6.04 Å². The number of piperidine rings is 2. The van der Waals surface area contributed by atoms with Gasteiger partial charge in [0.1, 0.15) is 0 Å². The first-order chi connectivity index (χ1) is 8.57. The van der Waals surface area contributed by atoms with Crippen LogP contribution in [-0.4, -0.2) is 80.1 Å². The van der Waals surface area contributed by atoms with Gasteiger partial charge in [-0.25, -0.2) is 0 Å². The van der Waals surface area contributed by atoms with Gasteiger partial charge in [0.05, 0.1) is 0 Å². The molecule has 0 bridgehead atoms. The molecule has 1 unspecified atom stereocenters. The van der Waals surface area contributed by atoms with Gasteiger partial charge in [-0.05, 0) is 66.5 Å². The molecule has 0 aromatic rings. The lowest BCUT2D eigenvalue weighted by atomic mass is 9.84. The molecule has 106 valence electrons. The van der Waals surface area contributed by atoms with Gasteiger partial charge in [-0.1, -0.05) is 0 Å². The summed E-state index contributed by atoms with van der Waals surface area (Å²) in [6.45, 7) is 5.63. The maximum atomic E-state index is 6.15. The van der Waals surface area contributed by atoms with Crippen LogP contribution in [0.15, 0.2) is 0 Å². The number of nitrogens with zero attached hydrogens (tertiary/aromatic N) is 3. The third-order valence-corrected chi connectivity index (χ3v) is 5.19. The van der Waals surface area contributed by atoms with Gasteiger partial charge in [0.15, 0.2) is 0 Å². The fourth-order valence-corrected chi connectivity index (χ4v) is 3.58. The highest BCUT2D eigenvalue weighted by Gasteiger charge is 2.39. The third kappa shape index (κ3) is 2.87. The highest BCUT2D eigenvalue weighted by Crippen LogP contribution is 2.30. The second-order valence-corrected chi connectivity index (χ2v) is 6.40. The molecule has 2 saturated heterocycles. The van der Waals surface area contributed by atoms with Crippen molar-refractivity contribution >= 4 is 0 Å². The van der Waals surface area contributed by atoms with Crippen molar-refractivity contribution in [2.45, 2.75) is 37.3 Å². The summed E-state index contributed by atoms with van der Waals surface area (Å²) < 4.78 is 0. The van der Waals surface area contributed by atoms with Crippen LogP contribution < -0.4 is 5.73 Å². The molecule has 0 aromatic carbocycles. The minimum atomic E-state index is 0.245. The van der Waals surface area contributed by atoms with E-state index in [1.54, 1.807) is 0 Å². The number of hydrogen-bond donors (Lipinski definition) is 1. The van der Waals surface area contributed by atoms with Gasteiger partial charge >= 0.3 is 0 Å². The van der Waals surface area contributed by atoms with Crippen LogP contribution in [0.25, 0.3) is 0 Å². The van der Waals surface area contributed by atoms with Crippen LogP contribution in [0.5, 0.6) is 0 Å². The van der Waals surface area contributed by atoms with Crippen molar-refractivity contribution < 1.29 is 0 Å². The molecule has 4 heteroatoms. The number of nitrogens with two attached hydrogens (primary N) is 1. The van der Waals surface area contributed by atoms with E-state index in [4.69, 9.17) is 5.73 Å². The van der Waals surface area contributed by atoms with Gasteiger partial charge in [0, 0.05) is 24.7 Å².